The third-order valence-electron chi connectivity index (χ3n) is 2.75. The molecule has 1 aromatic heterocycles. The summed E-state index contributed by atoms with van der Waals surface area (Å²) in [5.41, 5.74) is 0.317. The zero-order valence-electron chi connectivity index (χ0n) is 10.5. The second-order valence-electron chi connectivity index (χ2n) is 3.99. The summed E-state index contributed by atoms with van der Waals surface area (Å²) >= 11 is 0. The van der Waals surface area contributed by atoms with Gasteiger partial charge in [-0.25, -0.2) is 4.68 Å². The van der Waals surface area contributed by atoms with Crippen molar-refractivity contribution in [1.29, 1.82) is 0 Å². The Balaban J connectivity index is 2.37. The predicted molar refractivity (Wildman–Crippen MR) is 64.8 cm³/mol. The molecule has 1 unspecified atom stereocenters. The van der Waals surface area contributed by atoms with Crippen LogP contribution in [0.1, 0.15) is 6.92 Å². The Bertz CT molecular complexity index is 474. The largest absolute Gasteiger partial charge is 0.487 e. The standard InChI is InChI=1S/C11H17N3O4/c1-3-17-10-8(6-12-13(2)11(10)16)14-4-5-18-9(15)7-14/h6,9,15H,3-5,7H2,1-2H3. The highest BCUT2D eigenvalue weighted by Crippen LogP contribution is 2.24. The van der Waals surface area contributed by atoms with Crippen molar-refractivity contribution in [3.05, 3.63) is 16.6 Å². The minimum Gasteiger partial charge on any atom is -0.487 e. The molecule has 7 heteroatoms. The highest BCUT2D eigenvalue weighted by molar-refractivity contribution is 5.56. The maximum absolute atomic E-state index is 12.0. The average molecular weight is 255 g/mol. The normalized spacial score (nSPS) is 19.9. The molecule has 2 rings (SSSR count). The van der Waals surface area contributed by atoms with Crippen LogP contribution in [0.2, 0.25) is 0 Å². The molecule has 1 aliphatic rings. The summed E-state index contributed by atoms with van der Waals surface area (Å²) in [4.78, 5) is 13.8. The molecular formula is C11H17N3O4. The zero-order valence-corrected chi connectivity index (χ0v) is 10.5. The van der Waals surface area contributed by atoms with E-state index in [9.17, 15) is 9.90 Å². The Morgan fingerprint density at radius 3 is 3.11 bits per heavy atom. The van der Waals surface area contributed by atoms with Gasteiger partial charge in [-0.05, 0) is 6.92 Å². The van der Waals surface area contributed by atoms with Crippen molar-refractivity contribution in [3.8, 4) is 5.75 Å². The first-order valence-electron chi connectivity index (χ1n) is 5.87. The van der Waals surface area contributed by atoms with Crippen molar-refractivity contribution in [2.75, 3.05) is 31.2 Å². The quantitative estimate of drug-likeness (QED) is 0.772. The molecule has 0 saturated carbocycles. The lowest BCUT2D eigenvalue weighted by atomic mass is 10.3. The molecule has 0 aliphatic carbocycles. The van der Waals surface area contributed by atoms with Gasteiger partial charge in [0, 0.05) is 13.6 Å². The fourth-order valence-electron chi connectivity index (χ4n) is 1.86. The van der Waals surface area contributed by atoms with Crippen LogP contribution in [0, 0.1) is 0 Å². The van der Waals surface area contributed by atoms with E-state index in [1.165, 1.54) is 4.68 Å². The molecule has 1 aromatic rings. The first kappa shape index (κ1) is 12.8. The Hall–Kier alpha value is -1.60. The smallest absolute Gasteiger partial charge is 0.310 e. The summed E-state index contributed by atoms with van der Waals surface area (Å²) in [5, 5.41) is 13.5. The van der Waals surface area contributed by atoms with Crippen molar-refractivity contribution in [3.63, 3.8) is 0 Å². The lowest BCUT2D eigenvalue weighted by Crippen LogP contribution is -2.43. The molecule has 0 radical (unpaired) electrons. The van der Waals surface area contributed by atoms with Crippen LogP contribution in [0.3, 0.4) is 0 Å². The number of anilines is 1. The molecule has 0 amide bonds. The van der Waals surface area contributed by atoms with E-state index < -0.39 is 6.29 Å². The predicted octanol–water partition coefficient (Wildman–Crippen LogP) is -0.666. The summed E-state index contributed by atoms with van der Waals surface area (Å²) in [7, 11) is 1.57. The number of rotatable bonds is 3. The fourth-order valence-corrected chi connectivity index (χ4v) is 1.86. The Kier molecular flexibility index (Phi) is 3.83. The number of ether oxygens (including phenoxy) is 2. The number of hydrogen-bond donors (Lipinski definition) is 1. The van der Waals surface area contributed by atoms with Crippen LogP contribution in [-0.2, 0) is 11.8 Å². The molecular weight excluding hydrogens is 238 g/mol. The van der Waals surface area contributed by atoms with Gasteiger partial charge in [-0.15, -0.1) is 0 Å². The monoisotopic (exact) mass is 255 g/mol. The maximum Gasteiger partial charge on any atom is 0.310 e. The second-order valence-corrected chi connectivity index (χ2v) is 3.99. The summed E-state index contributed by atoms with van der Waals surface area (Å²) in [6.45, 7) is 3.51. The van der Waals surface area contributed by atoms with E-state index in [4.69, 9.17) is 9.47 Å². The third-order valence-corrected chi connectivity index (χ3v) is 2.75. The lowest BCUT2D eigenvalue weighted by molar-refractivity contribution is -0.104. The summed E-state index contributed by atoms with van der Waals surface area (Å²) in [6.07, 6.45) is 0.724. The molecule has 1 saturated heterocycles. The number of hydrogen-bond acceptors (Lipinski definition) is 6. The number of β-amino-alcohol motifs (C(OH)–C–C–N with tert-alkyl or cyclic N) is 1. The van der Waals surface area contributed by atoms with Crippen LogP contribution < -0.4 is 15.2 Å². The van der Waals surface area contributed by atoms with E-state index >= 15 is 0 Å². The van der Waals surface area contributed by atoms with Crippen molar-refractivity contribution in [2.45, 2.75) is 13.2 Å². The van der Waals surface area contributed by atoms with Crippen molar-refractivity contribution in [1.82, 2.24) is 9.78 Å². The van der Waals surface area contributed by atoms with Gasteiger partial charge < -0.3 is 19.5 Å². The van der Waals surface area contributed by atoms with Crippen molar-refractivity contribution < 1.29 is 14.6 Å². The number of aryl methyl sites for hydroxylation is 1. The van der Waals surface area contributed by atoms with Crippen LogP contribution in [-0.4, -0.2) is 47.5 Å². The van der Waals surface area contributed by atoms with Crippen LogP contribution in [0.25, 0.3) is 0 Å². The Morgan fingerprint density at radius 1 is 1.67 bits per heavy atom. The molecule has 7 nitrogen and oxygen atoms in total. The van der Waals surface area contributed by atoms with Crippen LogP contribution in [0.4, 0.5) is 5.69 Å². The first-order chi connectivity index (χ1) is 8.63. The Morgan fingerprint density at radius 2 is 2.44 bits per heavy atom. The van der Waals surface area contributed by atoms with Gasteiger partial charge >= 0.3 is 5.56 Å². The SMILES string of the molecule is CCOc1c(N2CCOC(O)C2)cnn(C)c1=O. The van der Waals surface area contributed by atoms with Gasteiger partial charge in [0.25, 0.3) is 0 Å². The number of aromatic nitrogens is 2. The molecule has 0 spiro atoms. The summed E-state index contributed by atoms with van der Waals surface area (Å²) < 4.78 is 11.7. The van der Waals surface area contributed by atoms with Gasteiger partial charge in [0.15, 0.2) is 6.29 Å². The maximum atomic E-state index is 12.0. The minimum absolute atomic E-state index is 0.268. The molecule has 1 atom stereocenters. The van der Waals surface area contributed by atoms with Crippen molar-refractivity contribution >= 4 is 5.69 Å². The van der Waals surface area contributed by atoms with Gasteiger partial charge in [0.2, 0.25) is 5.75 Å². The number of morpholine rings is 1. The number of aliphatic hydroxyl groups excluding tert-OH is 1. The second kappa shape index (κ2) is 5.36. The van der Waals surface area contributed by atoms with E-state index in [1.54, 1.807) is 13.2 Å². The molecule has 0 aromatic carbocycles. The fraction of sp³-hybridized carbons (Fsp3) is 0.636. The first-order valence-corrected chi connectivity index (χ1v) is 5.87. The van der Waals surface area contributed by atoms with E-state index in [0.717, 1.165) is 0 Å². The lowest BCUT2D eigenvalue weighted by Gasteiger charge is -2.32. The molecule has 1 fully saturated rings. The van der Waals surface area contributed by atoms with Gasteiger partial charge in [-0.3, -0.25) is 4.79 Å². The number of aliphatic hydroxyl groups is 1. The Labute approximate surface area is 105 Å². The molecule has 1 N–H and O–H groups in total. The van der Waals surface area contributed by atoms with E-state index in [-0.39, 0.29) is 11.3 Å². The van der Waals surface area contributed by atoms with Gasteiger partial charge in [0.05, 0.1) is 26.0 Å². The molecule has 0 bridgehead atoms. The van der Waals surface area contributed by atoms with Crippen LogP contribution >= 0.6 is 0 Å². The number of nitrogens with zero attached hydrogens (tertiary/aromatic N) is 3. The van der Waals surface area contributed by atoms with Gasteiger partial charge in [-0.2, -0.15) is 5.10 Å². The molecule has 100 valence electrons. The molecule has 18 heavy (non-hydrogen) atoms. The highest BCUT2D eigenvalue weighted by atomic mass is 16.6. The molecule has 1 aliphatic heterocycles. The summed E-state index contributed by atoms with van der Waals surface area (Å²) in [5.74, 6) is 0.268. The highest BCUT2D eigenvalue weighted by Gasteiger charge is 2.23. The van der Waals surface area contributed by atoms with Gasteiger partial charge in [0.1, 0.15) is 5.69 Å². The third kappa shape index (κ3) is 2.46. The van der Waals surface area contributed by atoms with E-state index in [2.05, 4.69) is 5.10 Å². The molecule has 2 heterocycles. The van der Waals surface area contributed by atoms with E-state index in [0.29, 0.717) is 32.0 Å². The van der Waals surface area contributed by atoms with Crippen LogP contribution in [0.15, 0.2) is 11.0 Å². The zero-order chi connectivity index (χ0) is 13.1. The topological polar surface area (TPSA) is 76.8 Å². The van der Waals surface area contributed by atoms with Crippen LogP contribution in [0.5, 0.6) is 5.75 Å². The van der Waals surface area contributed by atoms with E-state index in [1.807, 2.05) is 11.8 Å². The van der Waals surface area contributed by atoms with Gasteiger partial charge in [-0.1, -0.05) is 0 Å². The minimum atomic E-state index is -0.850. The summed E-state index contributed by atoms with van der Waals surface area (Å²) in [6, 6.07) is 0. The van der Waals surface area contributed by atoms with Crippen molar-refractivity contribution in [2.24, 2.45) is 7.05 Å². The average Bonchev–Trinajstić information content (AvgIpc) is 2.35.